The fourth-order valence-corrected chi connectivity index (χ4v) is 7.69. The van der Waals surface area contributed by atoms with E-state index >= 15 is 0 Å². The number of rotatable bonds is 2. The quantitative estimate of drug-likeness (QED) is 0.805. The summed E-state index contributed by atoms with van der Waals surface area (Å²) < 4.78 is 0. The van der Waals surface area contributed by atoms with Gasteiger partial charge in [0, 0.05) is 18.3 Å². The Kier molecular flexibility index (Phi) is 4.16. The summed E-state index contributed by atoms with van der Waals surface area (Å²) in [7, 11) is 0. The molecule has 0 aromatic rings. The molecule has 0 aromatic carbocycles. The van der Waals surface area contributed by atoms with E-state index in [4.69, 9.17) is 0 Å². The van der Waals surface area contributed by atoms with Crippen molar-refractivity contribution in [2.75, 3.05) is 6.61 Å². The van der Waals surface area contributed by atoms with Gasteiger partial charge in [0.1, 0.15) is 12.4 Å². The highest BCUT2D eigenvalue weighted by molar-refractivity contribution is 5.88. The molecule has 25 heavy (non-hydrogen) atoms. The highest BCUT2D eigenvalue weighted by Gasteiger charge is 2.63. The molecule has 4 saturated carbocycles. The van der Waals surface area contributed by atoms with E-state index in [-0.39, 0.29) is 34.6 Å². The SMILES string of the molecule is C[C@]12CC[C@@H](O)C[C@@H]1CC[C@@H]1[C@@H]3CC[C@@H](C(=O)CO)[C@@]3(C)CC(=O)[C@@H]12. The summed E-state index contributed by atoms with van der Waals surface area (Å²) in [5, 5.41) is 19.5. The van der Waals surface area contributed by atoms with Gasteiger partial charge >= 0.3 is 0 Å². The highest BCUT2D eigenvalue weighted by Crippen LogP contribution is 2.66. The fourth-order valence-electron chi connectivity index (χ4n) is 7.69. The van der Waals surface area contributed by atoms with Crippen molar-refractivity contribution in [1.29, 1.82) is 0 Å². The summed E-state index contributed by atoms with van der Waals surface area (Å²) in [6, 6.07) is 0. The summed E-state index contributed by atoms with van der Waals surface area (Å²) in [6.45, 7) is 4.04. The summed E-state index contributed by atoms with van der Waals surface area (Å²) in [5.74, 6) is 1.52. The van der Waals surface area contributed by atoms with Gasteiger partial charge < -0.3 is 10.2 Å². The summed E-state index contributed by atoms with van der Waals surface area (Å²) >= 11 is 0. The monoisotopic (exact) mass is 348 g/mol. The first-order chi connectivity index (χ1) is 11.8. The molecule has 2 N–H and O–H groups in total. The Morgan fingerprint density at radius 1 is 1.12 bits per heavy atom. The van der Waals surface area contributed by atoms with Crippen molar-refractivity contribution in [1.82, 2.24) is 0 Å². The summed E-state index contributed by atoms with van der Waals surface area (Å²) in [4.78, 5) is 25.6. The van der Waals surface area contributed by atoms with Gasteiger partial charge in [0.05, 0.1) is 6.10 Å². The lowest BCUT2D eigenvalue weighted by Crippen LogP contribution is -2.58. The molecule has 4 fully saturated rings. The van der Waals surface area contributed by atoms with Crippen LogP contribution in [0.2, 0.25) is 0 Å². The smallest absolute Gasteiger partial charge is 0.161 e. The van der Waals surface area contributed by atoms with Crippen molar-refractivity contribution in [3.8, 4) is 0 Å². The Labute approximate surface area is 150 Å². The molecular formula is C21H32O4. The molecule has 4 aliphatic rings. The Balaban J connectivity index is 1.66. The van der Waals surface area contributed by atoms with Crippen LogP contribution in [0.3, 0.4) is 0 Å². The van der Waals surface area contributed by atoms with Crippen LogP contribution in [0.15, 0.2) is 0 Å². The molecule has 4 nitrogen and oxygen atoms in total. The highest BCUT2D eigenvalue weighted by atomic mass is 16.3. The van der Waals surface area contributed by atoms with Gasteiger partial charge in [0.25, 0.3) is 0 Å². The second-order valence-electron chi connectivity index (χ2n) is 9.86. The molecule has 8 atom stereocenters. The number of carbonyl (C=O) groups is 2. The third-order valence-electron chi connectivity index (χ3n) is 8.87. The Bertz CT molecular complexity index is 586. The average molecular weight is 348 g/mol. The van der Waals surface area contributed by atoms with Gasteiger partial charge in [-0.2, -0.15) is 0 Å². The second kappa shape index (κ2) is 5.88. The maximum absolute atomic E-state index is 13.3. The third kappa shape index (κ3) is 2.39. The normalized spacial score (nSPS) is 52.2. The van der Waals surface area contributed by atoms with E-state index in [0.29, 0.717) is 30.0 Å². The molecular weight excluding hydrogens is 316 g/mol. The van der Waals surface area contributed by atoms with Crippen LogP contribution in [0.1, 0.15) is 65.2 Å². The molecule has 0 bridgehead atoms. The van der Waals surface area contributed by atoms with Crippen molar-refractivity contribution in [2.45, 2.75) is 71.3 Å². The molecule has 0 spiro atoms. The van der Waals surface area contributed by atoms with Crippen LogP contribution in [-0.4, -0.2) is 34.5 Å². The van der Waals surface area contributed by atoms with Gasteiger partial charge in [-0.3, -0.25) is 9.59 Å². The number of ketones is 2. The molecule has 0 saturated heterocycles. The van der Waals surface area contributed by atoms with E-state index in [0.717, 1.165) is 44.9 Å². The maximum atomic E-state index is 13.3. The van der Waals surface area contributed by atoms with E-state index in [9.17, 15) is 19.8 Å². The first-order valence-electron chi connectivity index (χ1n) is 10.2. The number of hydrogen-bond donors (Lipinski definition) is 2. The van der Waals surface area contributed by atoms with Gasteiger partial charge in [-0.15, -0.1) is 0 Å². The lowest BCUT2D eigenvalue weighted by atomic mass is 9.44. The van der Waals surface area contributed by atoms with Crippen molar-refractivity contribution >= 4 is 11.6 Å². The molecule has 4 rings (SSSR count). The lowest BCUT2D eigenvalue weighted by Gasteiger charge is -2.59. The minimum absolute atomic E-state index is 0.0274. The van der Waals surface area contributed by atoms with Gasteiger partial charge in [-0.05, 0) is 73.5 Å². The molecule has 0 aliphatic heterocycles. The molecule has 4 aliphatic carbocycles. The van der Waals surface area contributed by atoms with E-state index in [1.165, 1.54) is 0 Å². The zero-order chi connectivity index (χ0) is 18.0. The van der Waals surface area contributed by atoms with Gasteiger partial charge in [0.2, 0.25) is 0 Å². The minimum atomic E-state index is -0.396. The minimum Gasteiger partial charge on any atom is -0.393 e. The standard InChI is InChI=1S/C21H32O4/c1-20-8-7-13(23)9-12(20)3-4-14-15-5-6-16(18(25)11-22)21(15,2)10-17(24)19(14)20/h12-16,19,22-23H,3-11H2,1-2H3/t12-,13+,14+,15-,16-,19+,20-,21-/m0/s1. The van der Waals surface area contributed by atoms with E-state index in [1.807, 2.05) is 0 Å². The lowest BCUT2D eigenvalue weighted by molar-refractivity contribution is -0.162. The Morgan fingerprint density at radius 2 is 1.88 bits per heavy atom. The second-order valence-corrected chi connectivity index (χ2v) is 9.86. The molecule has 0 heterocycles. The molecule has 4 heteroatoms. The van der Waals surface area contributed by atoms with Crippen molar-refractivity contribution < 1.29 is 19.8 Å². The van der Waals surface area contributed by atoms with Crippen LogP contribution < -0.4 is 0 Å². The van der Waals surface area contributed by atoms with E-state index in [1.54, 1.807) is 0 Å². The number of hydrogen-bond acceptors (Lipinski definition) is 4. The Morgan fingerprint density at radius 3 is 2.60 bits per heavy atom. The third-order valence-corrected chi connectivity index (χ3v) is 8.87. The number of fused-ring (bicyclic) bond motifs is 5. The molecule has 140 valence electrons. The van der Waals surface area contributed by atoms with Crippen molar-refractivity contribution in [3.63, 3.8) is 0 Å². The van der Waals surface area contributed by atoms with Crippen molar-refractivity contribution in [3.05, 3.63) is 0 Å². The number of Topliss-reactive ketones (excluding diaryl/α,β-unsaturated/α-hetero) is 2. The summed E-state index contributed by atoms with van der Waals surface area (Å²) in [5.41, 5.74) is -0.227. The van der Waals surface area contributed by atoms with Gasteiger partial charge in [-0.1, -0.05) is 13.8 Å². The molecule has 0 aromatic heterocycles. The largest absolute Gasteiger partial charge is 0.393 e. The maximum Gasteiger partial charge on any atom is 0.161 e. The van der Waals surface area contributed by atoms with Crippen molar-refractivity contribution in [2.24, 2.45) is 40.4 Å². The fraction of sp³-hybridized carbons (Fsp3) is 0.905. The van der Waals surface area contributed by atoms with Crippen LogP contribution in [0, 0.1) is 40.4 Å². The molecule has 0 radical (unpaired) electrons. The van der Waals surface area contributed by atoms with E-state index in [2.05, 4.69) is 13.8 Å². The van der Waals surface area contributed by atoms with Crippen LogP contribution in [0.5, 0.6) is 0 Å². The van der Waals surface area contributed by atoms with Crippen LogP contribution >= 0.6 is 0 Å². The van der Waals surface area contributed by atoms with Crippen LogP contribution in [0.25, 0.3) is 0 Å². The Hall–Kier alpha value is -0.740. The first kappa shape index (κ1) is 17.7. The topological polar surface area (TPSA) is 74.6 Å². The number of aliphatic hydroxyl groups is 2. The van der Waals surface area contributed by atoms with Crippen LogP contribution in [0.4, 0.5) is 0 Å². The predicted molar refractivity (Wildman–Crippen MR) is 93.7 cm³/mol. The first-order valence-corrected chi connectivity index (χ1v) is 10.2. The van der Waals surface area contributed by atoms with Gasteiger partial charge in [-0.25, -0.2) is 0 Å². The molecule has 0 amide bonds. The zero-order valence-electron chi connectivity index (χ0n) is 15.5. The van der Waals surface area contributed by atoms with E-state index < -0.39 is 6.61 Å². The average Bonchev–Trinajstić information content (AvgIpc) is 2.91. The number of carbonyl (C=O) groups excluding carboxylic acids is 2. The van der Waals surface area contributed by atoms with Gasteiger partial charge in [0.15, 0.2) is 5.78 Å². The van der Waals surface area contributed by atoms with Crippen LogP contribution in [-0.2, 0) is 9.59 Å². The molecule has 0 unspecified atom stereocenters. The predicted octanol–water partition coefficient (Wildman–Crippen LogP) is 2.75. The summed E-state index contributed by atoms with van der Waals surface area (Å²) in [6.07, 6.45) is 6.93. The zero-order valence-corrected chi connectivity index (χ0v) is 15.5. The number of aliphatic hydroxyl groups excluding tert-OH is 2.